The van der Waals surface area contributed by atoms with Crippen molar-refractivity contribution < 1.29 is 0 Å². The first-order valence-electron chi connectivity index (χ1n) is 6.40. The zero-order valence-corrected chi connectivity index (χ0v) is 12.6. The monoisotopic (exact) mass is 293 g/mol. The lowest BCUT2D eigenvalue weighted by molar-refractivity contribution is 0.884. The van der Waals surface area contributed by atoms with Gasteiger partial charge in [0.05, 0.1) is 10.0 Å². The number of aryl methyl sites for hydroxylation is 1. The van der Waals surface area contributed by atoms with Crippen molar-refractivity contribution in [1.82, 2.24) is 0 Å². The molecule has 1 unspecified atom stereocenters. The van der Waals surface area contributed by atoms with Crippen LogP contribution in [0.1, 0.15) is 31.0 Å². The van der Waals surface area contributed by atoms with Crippen molar-refractivity contribution in [1.29, 1.82) is 0 Å². The van der Waals surface area contributed by atoms with E-state index in [1.54, 1.807) is 0 Å². The maximum Gasteiger partial charge on any atom is 0.0595 e. The van der Waals surface area contributed by atoms with Gasteiger partial charge in [0, 0.05) is 11.7 Å². The van der Waals surface area contributed by atoms with Crippen LogP contribution in [0.3, 0.4) is 0 Å². The number of nitrogens with one attached hydrogen (secondary N) is 1. The number of anilines is 1. The molecule has 100 valence electrons. The predicted octanol–water partition coefficient (Wildman–Crippen LogP) is 5.73. The quantitative estimate of drug-likeness (QED) is 0.759. The topological polar surface area (TPSA) is 12.0 Å². The summed E-state index contributed by atoms with van der Waals surface area (Å²) in [5, 5.41) is 4.66. The molecular formula is C16H17Cl2N. The molecule has 0 spiro atoms. The summed E-state index contributed by atoms with van der Waals surface area (Å²) in [6.07, 6.45) is 1.04. The van der Waals surface area contributed by atoms with Crippen LogP contribution in [0, 0.1) is 0 Å². The normalized spacial score (nSPS) is 12.2. The Bertz CT molecular complexity index is 566. The van der Waals surface area contributed by atoms with E-state index >= 15 is 0 Å². The van der Waals surface area contributed by atoms with E-state index in [1.807, 2.05) is 18.2 Å². The summed E-state index contributed by atoms with van der Waals surface area (Å²) in [5.74, 6) is 0. The lowest BCUT2D eigenvalue weighted by atomic mass is 10.1. The van der Waals surface area contributed by atoms with Crippen molar-refractivity contribution in [2.45, 2.75) is 26.3 Å². The minimum Gasteiger partial charge on any atom is -0.379 e. The predicted molar refractivity (Wildman–Crippen MR) is 84.3 cm³/mol. The molecule has 0 bridgehead atoms. The Morgan fingerprint density at radius 2 is 1.84 bits per heavy atom. The number of rotatable bonds is 4. The molecule has 0 saturated carbocycles. The summed E-state index contributed by atoms with van der Waals surface area (Å²) >= 11 is 12.0. The summed E-state index contributed by atoms with van der Waals surface area (Å²) < 4.78 is 0. The molecule has 0 fully saturated rings. The largest absolute Gasteiger partial charge is 0.379 e. The molecule has 0 saturated heterocycles. The van der Waals surface area contributed by atoms with Crippen molar-refractivity contribution in [3.8, 4) is 0 Å². The fraction of sp³-hybridized carbons (Fsp3) is 0.250. The summed E-state index contributed by atoms with van der Waals surface area (Å²) in [6, 6.07) is 14.4. The van der Waals surface area contributed by atoms with Crippen molar-refractivity contribution in [3.05, 3.63) is 63.6 Å². The van der Waals surface area contributed by atoms with Gasteiger partial charge in [-0.2, -0.15) is 0 Å². The van der Waals surface area contributed by atoms with E-state index < -0.39 is 0 Å². The molecule has 0 radical (unpaired) electrons. The van der Waals surface area contributed by atoms with Gasteiger partial charge >= 0.3 is 0 Å². The molecule has 2 rings (SSSR count). The highest BCUT2D eigenvalue weighted by molar-refractivity contribution is 6.42. The van der Waals surface area contributed by atoms with E-state index in [2.05, 4.69) is 43.4 Å². The molecule has 0 heterocycles. The van der Waals surface area contributed by atoms with Gasteiger partial charge < -0.3 is 5.32 Å². The summed E-state index contributed by atoms with van der Waals surface area (Å²) in [4.78, 5) is 0. The third-order valence-electron chi connectivity index (χ3n) is 3.16. The highest BCUT2D eigenvalue weighted by Crippen LogP contribution is 2.27. The molecular weight excluding hydrogens is 277 g/mol. The average Bonchev–Trinajstić information content (AvgIpc) is 2.42. The van der Waals surface area contributed by atoms with Crippen molar-refractivity contribution >= 4 is 28.9 Å². The second-order valence-corrected chi connectivity index (χ2v) is 5.41. The van der Waals surface area contributed by atoms with Crippen molar-refractivity contribution in [2.75, 3.05) is 5.32 Å². The van der Waals surface area contributed by atoms with Gasteiger partial charge in [-0.3, -0.25) is 0 Å². The van der Waals surface area contributed by atoms with Crippen LogP contribution in [0.15, 0.2) is 42.5 Å². The fourth-order valence-corrected chi connectivity index (χ4v) is 2.30. The minimum atomic E-state index is 0.182. The smallest absolute Gasteiger partial charge is 0.0595 e. The Labute approximate surface area is 124 Å². The Hall–Kier alpha value is -1.18. The van der Waals surface area contributed by atoms with E-state index in [-0.39, 0.29) is 6.04 Å². The fourth-order valence-electron chi connectivity index (χ4n) is 2.00. The molecule has 3 heteroatoms. The second-order valence-electron chi connectivity index (χ2n) is 4.59. The van der Waals surface area contributed by atoms with Gasteiger partial charge in [-0.25, -0.2) is 0 Å². The SMILES string of the molecule is CCc1cccc(NC(C)c2ccc(Cl)c(Cl)c2)c1. The molecule has 0 amide bonds. The first-order chi connectivity index (χ1) is 9.10. The van der Waals surface area contributed by atoms with Crippen LogP contribution in [-0.4, -0.2) is 0 Å². The zero-order valence-electron chi connectivity index (χ0n) is 11.1. The van der Waals surface area contributed by atoms with E-state index in [4.69, 9.17) is 23.2 Å². The summed E-state index contributed by atoms with van der Waals surface area (Å²) in [6.45, 7) is 4.26. The van der Waals surface area contributed by atoms with Crippen LogP contribution >= 0.6 is 23.2 Å². The second kappa shape index (κ2) is 6.31. The third-order valence-corrected chi connectivity index (χ3v) is 3.90. The first kappa shape index (κ1) is 14.2. The van der Waals surface area contributed by atoms with Gasteiger partial charge in [-0.05, 0) is 48.7 Å². The standard InChI is InChI=1S/C16H17Cl2N/c1-3-12-5-4-6-14(9-12)19-11(2)13-7-8-15(17)16(18)10-13/h4-11,19H,3H2,1-2H3. The molecule has 1 atom stereocenters. The van der Waals surface area contributed by atoms with Crippen LogP contribution in [0.25, 0.3) is 0 Å². The zero-order chi connectivity index (χ0) is 13.8. The molecule has 1 N–H and O–H groups in total. The Morgan fingerprint density at radius 1 is 1.05 bits per heavy atom. The van der Waals surface area contributed by atoms with Crippen molar-refractivity contribution in [3.63, 3.8) is 0 Å². The first-order valence-corrected chi connectivity index (χ1v) is 7.16. The van der Waals surface area contributed by atoms with Gasteiger partial charge in [-0.1, -0.05) is 48.3 Å². The van der Waals surface area contributed by atoms with Gasteiger partial charge in [0.1, 0.15) is 0 Å². The van der Waals surface area contributed by atoms with Gasteiger partial charge in [0.15, 0.2) is 0 Å². The molecule has 2 aromatic rings. The molecule has 0 aliphatic heterocycles. The Morgan fingerprint density at radius 3 is 2.53 bits per heavy atom. The van der Waals surface area contributed by atoms with Crippen LogP contribution in [0.5, 0.6) is 0 Å². The van der Waals surface area contributed by atoms with Gasteiger partial charge in [0.25, 0.3) is 0 Å². The van der Waals surface area contributed by atoms with Crippen LogP contribution in [0.4, 0.5) is 5.69 Å². The van der Waals surface area contributed by atoms with Crippen LogP contribution in [0.2, 0.25) is 10.0 Å². The maximum atomic E-state index is 6.05. The van der Waals surface area contributed by atoms with Crippen LogP contribution < -0.4 is 5.32 Å². The highest BCUT2D eigenvalue weighted by Gasteiger charge is 2.07. The van der Waals surface area contributed by atoms with E-state index in [0.29, 0.717) is 10.0 Å². The Balaban J connectivity index is 2.15. The van der Waals surface area contributed by atoms with Gasteiger partial charge in [-0.15, -0.1) is 0 Å². The number of halogens is 2. The molecule has 19 heavy (non-hydrogen) atoms. The summed E-state index contributed by atoms with van der Waals surface area (Å²) in [5.41, 5.74) is 3.57. The molecule has 1 nitrogen and oxygen atoms in total. The van der Waals surface area contributed by atoms with E-state index in [1.165, 1.54) is 5.56 Å². The average molecular weight is 294 g/mol. The lowest BCUT2D eigenvalue weighted by Crippen LogP contribution is -2.06. The minimum absolute atomic E-state index is 0.182. The molecule has 0 aromatic heterocycles. The highest BCUT2D eigenvalue weighted by atomic mass is 35.5. The Kier molecular flexibility index (Phi) is 4.73. The summed E-state index contributed by atoms with van der Waals surface area (Å²) in [7, 11) is 0. The van der Waals surface area contributed by atoms with Crippen molar-refractivity contribution in [2.24, 2.45) is 0 Å². The molecule has 0 aliphatic carbocycles. The van der Waals surface area contributed by atoms with E-state index in [9.17, 15) is 0 Å². The molecule has 2 aromatic carbocycles. The van der Waals surface area contributed by atoms with Gasteiger partial charge in [0.2, 0.25) is 0 Å². The van der Waals surface area contributed by atoms with E-state index in [0.717, 1.165) is 17.7 Å². The van der Waals surface area contributed by atoms with Crippen LogP contribution in [-0.2, 0) is 6.42 Å². The number of benzene rings is 2. The number of hydrogen-bond donors (Lipinski definition) is 1. The number of hydrogen-bond acceptors (Lipinski definition) is 1. The lowest BCUT2D eigenvalue weighted by Gasteiger charge is -2.17. The molecule has 0 aliphatic rings. The maximum absolute atomic E-state index is 6.05. The third kappa shape index (κ3) is 3.65.